The quantitative estimate of drug-likeness (QED) is 0.201. The molecule has 0 bridgehead atoms. The Kier molecular flexibility index (Phi) is 7.05. The van der Waals surface area contributed by atoms with Crippen LogP contribution < -0.4 is 20.9 Å². The van der Waals surface area contributed by atoms with Crippen molar-refractivity contribution in [2.45, 2.75) is 12.3 Å². The molecule has 37 heavy (non-hydrogen) atoms. The molecular weight excluding hydrogens is 481 g/mol. The van der Waals surface area contributed by atoms with Crippen molar-refractivity contribution < 1.29 is 23.8 Å². The number of nitrogens with two attached hydrogens (primary N) is 1. The molecule has 4 aromatic rings. The minimum absolute atomic E-state index is 0.0191. The highest BCUT2D eigenvalue weighted by Crippen LogP contribution is 2.34. The van der Waals surface area contributed by atoms with Crippen molar-refractivity contribution in [1.29, 1.82) is 5.41 Å². The Morgan fingerprint density at radius 1 is 1.11 bits per heavy atom. The number of methoxy groups -OCH3 is 2. The zero-order valence-corrected chi connectivity index (χ0v) is 20.0. The number of amidine groups is 1. The first-order valence-corrected chi connectivity index (χ1v) is 11.1. The molecule has 4 rings (SSSR count). The van der Waals surface area contributed by atoms with Crippen LogP contribution in [0.1, 0.15) is 38.8 Å². The molecule has 0 aliphatic carbocycles. The van der Waals surface area contributed by atoms with Gasteiger partial charge in [-0.2, -0.15) is 4.68 Å². The number of para-hydroxylation sites is 1. The number of nitrogen functional groups attached to an aromatic ring is 1. The highest BCUT2D eigenvalue weighted by Gasteiger charge is 2.24. The maximum Gasteiger partial charge on any atom is 0.348 e. The SMILES string of the molecule is COc1ccc(C(Cc2ccc(C(=N)N)c(F)c2)c2nn(-c3ccccc3C(=O)O)c(=O)[nH]2)cc1OC. The molecule has 11 heteroatoms. The Labute approximate surface area is 210 Å². The third-order valence-corrected chi connectivity index (χ3v) is 5.90. The van der Waals surface area contributed by atoms with Crippen molar-refractivity contribution in [3.05, 3.63) is 105 Å². The van der Waals surface area contributed by atoms with Crippen LogP contribution in [0.25, 0.3) is 5.69 Å². The summed E-state index contributed by atoms with van der Waals surface area (Å²) < 4.78 is 26.3. The Morgan fingerprint density at radius 3 is 2.49 bits per heavy atom. The number of hydrogen-bond acceptors (Lipinski definition) is 6. The summed E-state index contributed by atoms with van der Waals surface area (Å²) in [7, 11) is 3.00. The van der Waals surface area contributed by atoms with Gasteiger partial charge >= 0.3 is 11.7 Å². The lowest BCUT2D eigenvalue weighted by Gasteiger charge is -2.18. The van der Waals surface area contributed by atoms with Gasteiger partial charge in [-0.25, -0.2) is 14.0 Å². The number of halogens is 1. The minimum atomic E-state index is -1.20. The van der Waals surface area contributed by atoms with Gasteiger partial charge in [-0.3, -0.25) is 10.4 Å². The number of carboxylic acid groups (broad SMARTS) is 1. The van der Waals surface area contributed by atoms with Gasteiger partial charge in [0.25, 0.3) is 0 Å². The Bertz CT molecular complexity index is 1540. The monoisotopic (exact) mass is 505 g/mol. The third-order valence-electron chi connectivity index (χ3n) is 5.90. The number of ether oxygens (including phenoxy) is 2. The number of aromatic nitrogens is 3. The summed E-state index contributed by atoms with van der Waals surface area (Å²) in [5, 5.41) is 21.5. The van der Waals surface area contributed by atoms with Crippen LogP contribution in [0.5, 0.6) is 11.5 Å². The van der Waals surface area contributed by atoms with E-state index in [2.05, 4.69) is 10.1 Å². The first-order valence-electron chi connectivity index (χ1n) is 11.1. The van der Waals surface area contributed by atoms with Gasteiger partial charge in [-0.05, 0) is 53.9 Å². The highest BCUT2D eigenvalue weighted by atomic mass is 19.1. The number of rotatable bonds is 9. The summed E-state index contributed by atoms with van der Waals surface area (Å²) in [6.45, 7) is 0. The van der Waals surface area contributed by atoms with Gasteiger partial charge < -0.3 is 20.3 Å². The fraction of sp³-hybridized carbons (Fsp3) is 0.154. The fourth-order valence-electron chi connectivity index (χ4n) is 4.08. The second kappa shape index (κ2) is 10.4. The highest BCUT2D eigenvalue weighted by molar-refractivity contribution is 5.95. The van der Waals surface area contributed by atoms with Gasteiger partial charge in [-0.1, -0.05) is 24.3 Å². The van der Waals surface area contributed by atoms with Gasteiger partial charge in [0.2, 0.25) is 0 Å². The average Bonchev–Trinajstić information content (AvgIpc) is 3.27. The van der Waals surface area contributed by atoms with E-state index in [1.165, 1.54) is 38.5 Å². The van der Waals surface area contributed by atoms with E-state index in [0.717, 1.165) is 4.68 Å². The maximum absolute atomic E-state index is 14.6. The Balaban J connectivity index is 1.84. The summed E-state index contributed by atoms with van der Waals surface area (Å²) in [4.78, 5) is 27.3. The first-order chi connectivity index (χ1) is 17.7. The van der Waals surface area contributed by atoms with Gasteiger partial charge in [0.1, 0.15) is 17.5 Å². The molecule has 0 radical (unpaired) electrons. The number of nitrogens with one attached hydrogen (secondary N) is 2. The number of carboxylic acids is 1. The minimum Gasteiger partial charge on any atom is -0.493 e. The molecule has 5 N–H and O–H groups in total. The number of hydrogen-bond donors (Lipinski definition) is 4. The smallest absolute Gasteiger partial charge is 0.348 e. The van der Waals surface area contributed by atoms with Gasteiger partial charge in [-0.15, -0.1) is 5.10 Å². The Hall–Kier alpha value is -4.93. The number of aromatic amines is 1. The predicted octanol–water partition coefficient (Wildman–Crippen LogP) is 3.07. The summed E-state index contributed by atoms with van der Waals surface area (Å²) in [5.41, 5.74) is 6.04. The normalized spacial score (nSPS) is 11.6. The average molecular weight is 506 g/mol. The lowest BCUT2D eigenvalue weighted by Crippen LogP contribution is -2.18. The van der Waals surface area contributed by atoms with Crippen molar-refractivity contribution in [2.24, 2.45) is 5.73 Å². The molecule has 190 valence electrons. The van der Waals surface area contributed by atoms with Crippen molar-refractivity contribution in [1.82, 2.24) is 14.8 Å². The van der Waals surface area contributed by atoms with E-state index < -0.39 is 23.4 Å². The summed E-state index contributed by atoms with van der Waals surface area (Å²) in [6.07, 6.45) is 0.206. The van der Waals surface area contributed by atoms with E-state index in [9.17, 15) is 19.1 Å². The lowest BCUT2D eigenvalue weighted by molar-refractivity contribution is 0.0696. The standard InChI is InChI=1S/C26H24FN5O5/c1-36-21-10-8-15(13-22(21)37-2)18(11-14-7-9-16(23(28)29)19(27)12-14)24-30-26(35)32(31-24)20-6-4-3-5-17(20)25(33)34/h3-10,12-13,18H,11H2,1-2H3,(H3,28,29)(H,33,34)(H,30,31,35). The molecule has 0 aliphatic rings. The molecule has 0 amide bonds. The first kappa shape index (κ1) is 25.2. The number of H-pyrrole nitrogens is 1. The topological polar surface area (TPSA) is 156 Å². The van der Waals surface area contributed by atoms with Crippen LogP contribution in [0.3, 0.4) is 0 Å². The van der Waals surface area contributed by atoms with E-state index in [4.69, 9.17) is 20.6 Å². The molecule has 0 aliphatic heterocycles. The van der Waals surface area contributed by atoms with E-state index in [1.807, 2.05) is 0 Å². The van der Waals surface area contributed by atoms with Gasteiger partial charge in [0.15, 0.2) is 11.5 Å². The van der Waals surface area contributed by atoms with Gasteiger partial charge in [0.05, 0.1) is 31.0 Å². The van der Waals surface area contributed by atoms with Crippen molar-refractivity contribution in [3.63, 3.8) is 0 Å². The summed E-state index contributed by atoms with van der Waals surface area (Å²) >= 11 is 0. The molecule has 10 nitrogen and oxygen atoms in total. The number of nitrogens with zero attached hydrogens (tertiary/aromatic N) is 2. The van der Waals surface area contributed by atoms with Crippen LogP contribution in [0.2, 0.25) is 0 Å². The van der Waals surface area contributed by atoms with E-state index in [1.54, 1.807) is 36.4 Å². The van der Waals surface area contributed by atoms with Crippen LogP contribution in [0.4, 0.5) is 4.39 Å². The molecule has 1 unspecified atom stereocenters. The van der Waals surface area contributed by atoms with E-state index in [0.29, 0.717) is 22.6 Å². The van der Waals surface area contributed by atoms with Crippen LogP contribution in [0.15, 0.2) is 65.5 Å². The molecule has 3 aromatic carbocycles. The van der Waals surface area contributed by atoms with Crippen molar-refractivity contribution in [3.8, 4) is 17.2 Å². The van der Waals surface area contributed by atoms with Crippen molar-refractivity contribution >= 4 is 11.8 Å². The molecule has 1 atom stereocenters. The van der Waals surface area contributed by atoms with Crippen LogP contribution in [-0.2, 0) is 6.42 Å². The van der Waals surface area contributed by atoms with Crippen LogP contribution in [-0.4, -0.2) is 45.9 Å². The van der Waals surface area contributed by atoms with E-state index in [-0.39, 0.29) is 34.9 Å². The Morgan fingerprint density at radius 2 is 1.84 bits per heavy atom. The zero-order valence-electron chi connectivity index (χ0n) is 20.0. The maximum atomic E-state index is 14.6. The fourth-order valence-corrected chi connectivity index (χ4v) is 4.08. The number of carbonyl (C=O) groups is 1. The van der Waals surface area contributed by atoms with Gasteiger partial charge in [0, 0.05) is 5.92 Å². The zero-order chi connectivity index (χ0) is 26.7. The summed E-state index contributed by atoms with van der Waals surface area (Å²) in [5.74, 6) is -1.66. The molecule has 0 saturated carbocycles. The molecular formula is C26H24FN5O5. The molecule has 0 saturated heterocycles. The van der Waals surface area contributed by atoms with Crippen molar-refractivity contribution in [2.75, 3.05) is 14.2 Å². The third kappa shape index (κ3) is 5.06. The lowest BCUT2D eigenvalue weighted by atomic mass is 9.90. The van der Waals surface area contributed by atoms with Crippen LogP contribution >= 0.6 is 0 Å². The molecule has 0 spiro atoms. The second-order valence-corrected chi connectivity index (χ2v) is 8.15. The molecule has 1 aromatic heterocycles. The molecule has 0 fully saturated rings. The largest absolute Gasteiger partial charge is 0.493 e. The van der Waals surface area contributed by atoms with Crippen LogP contribution in [0, 0.1) is 11.2 Å². The summed E-state index contributed by atoms with van der Waals surface area (Å²) in [6, 6.07) is 15.6. The second-order valence-electron chi connectivity index (χ2n) is 8.15. The van der Waals surface area contributed by atoms with E-state index >= 15 is 0 Å². The predicted molar refractivity (Wildman–Crippen MR) is 134 cm³/mol. The number of benzene rings is 3. The molecule has 1 heterocycles. The number of aromatic carboxylic acids is 1.